The average molecular weight is 393 g/mol. The molecule has 28 heavy (non-hydrogen) atoms. The fourth-order valence-corrected chi connectivity index (χ4v) is 4.48. The largest absolute Gasteiger partial charge is 0.499 e. The van der Waals surface area contributed by atoms with Crippen LogP contribution in [0.5, 0.6) is 0 Å². The van der Waals surface area contributed by atoms with E-state index in [2.05, 4.69) is 32.6 Å². The Labute approximate surface area is 170 Å². The van der Waals surface area contributed by atoms with E-state index in [4.69, 9.17) is 4.74 Å². The van der Waals surface area contributed by atoms with Crippen LogP contribution in [-0.4, -0.2) is 19.0 Å². The first-order valence-electron chi connectivity index (χ1n) is 11.0. The lowest BCUT2D eigenvalue weighted by Crippen LogP contribution is -2.23. The van der Waals surface area contributed by atoms with Gasteiger partial charge in [-0.05, 0) is 68.4 Å². The normalized spacial score (nSPS) is 24.2. The van der Waals surface area contributed by atoms with Gasteiger partial charge in [-0.2, -0.15) is 0 Å². The van der Waals surface area contributed by atoms with Crippen molar-refractivity contribution in [3.8, 4) is 0 Å². The third-order valence-corrected chi connectivity index (χ3v) is 6.49. The van der Waals surface area contributed by atoms with Gasteiger partial charge in [-0.25, -0.2) is 8.78 Å². The minimum absolute atomic E-state index is 0.436. The van der Waals surface area contributed by atoms with Crippen LogP contribution in [0.25, 0.3) is 0 Å². The van der Waals surface area contributed by atoms with Gasteiger partial charge in [-0.15, -0.1) is 0 Å². The zero-order valence-corrected chi connectivity index (χ0v) is 18.1. The van der Waals surface area contributed by atoms with Gasteiger partial charge in [-0.3, -0.25) is 0 Å². The number of allylic oxidation sites excluding steroid dienone is 1. The van der Waals surface area contributed by atoms with Crippen LogP contribution < -0.4 is 0 Å². The van der Waals surface area contributed by atoms with Crippen molar-refractivity contribution in [1.82, 2.24) is 0 Å². The van der Waals surface area contributed by atoms with Gasteiger partial charge in [0, 0.05) is 5.92 Å². The van der Waals surface area contributed by atoms with Gasteiger partial charge in [0.05, 0.1) is 12.4 Å². The summed E-state index contributed by atoms with van der Waals surface area (Å²) >= 11 is 0. The van der Waals surface area contributed by atoms with Crippen molar-refractivity contribution in [1.29, 1.82) is 0 Å². The standard InChI is InChI=1S/C25H38F2O/c1-17(2)28-16-6-7-24(25(27)20(5)26)23-14-12-22(13-15-23)19(4)21-10-8-18(3)9-11-21/h12-15,18-21,24-25H,1,6-11,16H2,2-5H3. The van der Waals surface area contributed by atoms with Crippen LogP contribution in [0.4, 0.5) is 8.78 Å². The van der Waals surface area contributed by atoms with Crippen molar-refractivity contribution in [2.24, 2.45) is 11.8 Å². The Hall–Kier alpha value is -1.38. The summed E-state index contributed by atoms with van der Waals surface area (Å²) in [6, 6.07) is 8.28. The Morgan fingerprint density at radius 1 is 1.07 bits per heavy atom. The quantitative estimate of drug-likeness (QED) is 0.292. The zero-order valence-electron chi connectivity index (χ0n) is 18.1. The van der Waals surface area contributed by atoms with E-state index in [0.717, 1.165) is 17.4 Å². The van der Waals surface area contributed by atoms with Crippen LogP contribution in [0, 0.1) is 11.8 Å². The van der Waals surface area contributed by atoms with Crippen molar-refractivity contribution < 1.29 is 13.5 Å². The molecule has 0 radical (unpaired) electrons. The number of alkyl halides is 2. The van der Waals surface area contributed by atoms with Crippen molar-refractivity contribution in [2.45, 2.75) is 90.4 Å². The molecule has 0 saturated heterocycles. The molecule has 0 spiro atoms. The lowest BCUT2D eigenvalue weighted by Gasteiger charge is -2.31. The number of halogens is 2. The lowest BCUT2D eigenvalue weighted by molar-refractivity contribution is 0.140. The molecule has 1 aromatic rings. The van der Waals surface area contributed by atoms with Crippen LogP contribution >= 0.6 is 0 Å². The third kappa shape index (κ3) is 6.60. The number of hydrogen-bond donors (Lipinski definition) is 0. The molecular formula is C25H38F2O. The Bertz CT molecular complexity index is 587. The minimum Gasteiger partial charge on any atom is -0.499 e. The molecule has 4 atom stereocenters. The first-order chi connectivity index (χ1) is 13.3. The van der Waals surface area contributed by atoms with Crippen LogP contribution in [0.15, 0.2) is 36.6 Å². The zero-order chi connectivity index (χ0) is 20.7. The Balaban J connectivity index is 2.03. The topological polar surface area (TPSA) is 9.23 Å². The number of benzene rings is 1. The summed E-state index contributed by atoms with van der Waals surface area (Å²) in [4.78, 5) is 0. The van der Waals surface area contributed by atoms with E-state index >= 15 is 0 Å². The molecule has 1 aliphatic carbocycles. The molecule has 3 heteroatoms. The average Bonchev–Trinajstić information content (AvgIpc) is 2.67. The highest BCUT2D eigenvalue weighted by molar-refractivity contribution is 5.29. The third-order valence-electron chi connectivity index (χ3n) is 6.49. The monoisotopic (exact) mass is 392 g/mol. The highest BCUT2D eigenvalue weighted by Crippen LogP contribution is 2.38. The fourth-order valence-electron chi connectivity index (χ4n) is 4.48. The number of ether oxygens (including phenoxy) is 1. The molecule has 1 nitrogen and oxygen atoms in total. The summed E-state index contributed by atoms with van der Waals surface area (Å²) in [5, 5.41) is 0. The SMILES string of the molecule is C=C(C)OCCCC(c1ccc(C(C)C2CCC(C)CC2)cc1)C(F)C(C)F. The molecule has 1 aliphatic rings. The lowest BCUT2D eigenvalue weighted by atomic mass is 9.74. The molecule has 4 unspecified atom stereocenters. The van der Waals surface area contributed by atoms with Gasteiger partial charge in [0.1, 0.15) is 12.3 Å². The molecule has 0 heterocycles. The van der Waals surface area contributed by atoms with Crippen LogP contribution in [0.3, 0.4) is 0 Å². The van der Waals surface area contributed by atoms with E-state index in [0.29, 0.717) is 31.1 Å². The smallest absolute Gasteiger partial charge is 0.138 e. The highest BCUT2D eigenvalue weighted by Gasteiger charge is 2.29. The van der Waals surface area contributed by atoms with Gasteiger partial charge in [0.25, 0.3) is 0 Å². The van der Waals surface area contributed by atoms with Crippen LogP contribution in [0.2, 0.25) is 0 Å². The Morgan fingerprint density at radius 2 is 1.64 bits per heavy atom. The molecule has 1 saturated carbocycles. The van der Waals surface area contributed by atoms with E-state index < -0.39 is 18.3 Å². The maximum Gasteiger partial charge on any atom is 0.138 e. The molecule has 1 aromatic carbocycles. The van der Waals surface area contributed by atoms with E-state index in [1.807, 2.05) is 12.1 Å². The van der Waals surface area contributed by atoms with Gasteiger partial charge < -0.3 is 4.74 Å². The molecule has 0 bridgehead atoms. The second-order valence-corrected chi connectivity index (χ2v) is 8.90. The van der Waals surface area contributed by atoms with Gasteiger partial charge >= 0.3 is 0 Å². The molecule has 0 N–H and O–H groups in total. The van der Waals surface area contributed by atoms with E-state index in [9.17, 15) is 8.78 Å². The van der Waals surface area contributed by atoms with Crippen molar-refractivity contribution in [3.63, 3.8) is 0 Å². The second kappa shape index (κ2) is 11.0. The van der Waals surface area contributed by atoms with Gasteiger partial charge in [0.2, 0.25) is 0 Å². The number of hydrogen-bond acceptors (Lipinski definition) is 1. The molecule has 0 aromatic heterocycles. The van der Waals surface area contributed by atoms with Crippen LogP contribution in [0.1, 0.15) is 89.2 Å². The first kappa shape index (κ1) is 22.9. The van der Waals surface area contributed by atoms with E-state index in [1.165, 1.54) is 38.2 Å². The Morgan fingerprint density at radius 3 is 2.18 bits per heavy atom. The second-order valence-electron chi connectivity index (χ2n) is 8.90. The van der Waals surface area contributed by atoms with E-state index in [1.54, 1.807) is 6.92 Å². The van der Waals surface area contributed by atoms with Gasteiger partial charge in [-0.1, -0.05) is 57.5 Å². The van der Waals surface area contributed by atoms with Crippen molar-refractivity contribution in [2.75, 3.05) is 6.61 Å². The highest BCUT2D eigenvalue weighted by atomic mass is 19.2. The number of rotatable bonds is 10. The molecular weight excluding hydrogens is 354 g/mol. The van der Waals surface area contributed by atoms with Gasteiger partial charge in [0.15, 0.2) is 0 Å². The van der Waals surface area contributed by atoms with E-state index in [-0.39, 0.29) is 0 Å². The molecule has 0 aliphatic heterocycles. The first-order valence-corrected chi connectivity index (χ1v) is 11.0. The minimum atomic E-state index is -1.49. The fraction of sp³-hybridized carbons (Fsp3) is 0.680. The summed E-state index contributed by atoms with van der Waals surface area (Å²) in [6.07, 6.45) is 3.51. The molecule has 158 valence electrons. The van der Waals surface area contributed by atoms with Crippen LogP contribution in [-0.2, 0) is 4.74 Å². The maximum atomic E-state index is 14.6. The maximum absolute atomic E-state index is 14.6. The van der Waals surface area contributed by atoms with Crippen molar-refractivity contribution in [3.05, 3.63) is 47.7 Å². The summed E-state index contributed by atoms with van der Waals surface area (Å²) < 4.78 is 33.7. The summed E-state index contributed by atoms with van der Waals surface area (Å²) in [6.45, 7) is 12.0. The Kier molecular flexibility index (Phi) is 8.98. The van der Waals surface area contributed by atoms with Crippen molar-refractivity contribution >= 4 is 0 Å². The summed E-state index contributed by atoms with van der Waals surface area (Å²) in [5.74, 6) is 2.32. The predicted molar refractivity (Wildman–Crippen MR) is 114 cm³/mol. The molecule has 0 amide bonds. The molecule has 1 fully saturated rings. The molecule has 2 rings (SSSR count). The summed E-state index contributed by atoms with van der Waals surface area (Å²) in [7, 11) is 0. The summed E-state index contributed by atoms with van der Waals surface area (Å²) in [5.41, 5.74) is 2.21. The predicted octanol–water partition coefficient (Wildman–Crippen LogP) is 7.73.